The van der Waals surface area contributed by atoms with Gasteiger partial charge < -0.3 is 15.1 Å². The van der Waals surface area contributed by atoms with E-state index in [1.807, 2.05) is 0 Å². The van der Waals surface area contributed by atoms with E-state index < -0.39 is 0 Å². The molecule has 1 aromatic rings. The minimum atomic E-state index is 0. The van der Waals surface area contributed by atoms with Crippen LogP contribution in [0.1, 0.15) is 31.6 Å². The highest BCUT2D eigenvalue weighted by Gasteiger charge is 2.26. The number of carbonyl (C=O) groups is 1. The molecular formula is C17H31Cl2N3OS. The molecule has 24 heavy (non-hydrogen) atoms. The SMILES string of the molecule is CCN(CC)CCN(Cc1cccs1)C(=O)C1CCCNC1.Cl.Cl. The molecule has 0 saturated carbocycles. The smallest absolute Gasteiger partial charge is 0.227 e. The van der Waals surface area contributed by atoms with E-state index in [2.05, 4.69) is 46.5 Å². The summed E-state index contributed by atoms with van der Waals surface area (Å²) in [6, 6.07) is 4.19. The largest absolute Gasteiger partial charge is 0.336 e. The maximum absolute atomic E-state index is 12.9. The lowest BCUT2D eigenvalue weighted by Gasteiger charge is -2.31. The van der Waals surface area contributed by atoms with Crippen LogP contribution < -0.4 is 5.32 Å². The average Bonchev–Trinajstić information content (AvgIpc) is 3.08. The van der Waals surface area contributed by atoms with Crippen molar-refractivity contribution in [1.82, 2.24) is 15.1 Å². The molecule has 7 heteroatoms. The van der Waals surface area contributed by atoms with Gasteiger partial charge in [0.05, 0.1) is 12.5 Å². The summed E-state index contributed by atoms with van der Waals surface area (Å²) in [4.78, 5) is 18.6. The number of thiophene rings is 1. The molecule has 1 unspecified atom stereocenters. The van der Waals surface area contributed by atoms with E-state index in [0.717, 1.165) is 58.7 Å². The third-order valence-corrected chi connectivity index (χ3v) is 5.33. The Morgan fingerprint density at radius 3 is 2.58 bits per heavy atom. The number of halogens is 2. The number of hydrogen-bond acceptors (Lipinski definition) is 4. The molecule has 1 N–H and O–H groups in total. The second kappa shape index (κ2) is 13.0. The quantitative estimate of drug-likeness (QED) is 0.733. The topological polar surface area (TPSA) is 35.6 Å². The van der Waals surface area contributed by atoms with Crippen LogP contribution >= 0.6 is 36.2 Å². The van der Waals surface area contributed by atoms with Crippen LogP contribution in [0.5, 0.6) is 0 Å². The Morgan fingerprint density at radius 2 is 2.04 bits per heavy atom. The normalized spacial score (nSPS) is 17.0. The van der Waals surface area contributed by atoms with Gasteiger partial charge in [0.15, 0.2) is 0 Å². The van der Waals surface area contributed by atoms with E-state index in [0.29, 0.717) is 5.91 Å². The molecule has 0 spiro atoms. The van der Waals surface area contributed by atoms with E-state index >= 15 is 0 Å². The fourth-order valence-corrected chi connectivity index (χ4v) is 3.70. The lowest BCUT2D eigenvalue weighted by Crippen LogP contribution is -2.45. The van der Waals surface area contributed by atoms with E-state index in [1.165, 1.54) is 4.88 Å². The lowest BCUT2D eigenvalue weighted by atomic mass is 9.98. The zero-order valence-corrected chi connectivity index (χ0v) is 17.2. The van der Waals surface area contributed by atoms with Crippen LogP contribution in [0.25, 0.3) is 0 Å². The number of nitrogens with zero attached hydrogens (tertiary/aromatic N) is 2. The first-order chi connectivity index (χ1) is 10.7. The monoisotopic (exact) mass is 395 g/mol. The van der Waals surface area contributed by atoms with Gasteiger partial charge in [-0.05, 0) is 43.9 Å². The molecule has 140 valence electrons. The van der Waals surface area contributed by atoms with Gasteiger partial charge in [0.2, 0.25) is 5.91 Å². The van der Waals surface area contributed by atoms with Crippen molar-refractivity contribution in [3.63, 3.8) is 0 Å². The van der Waals surface area contributed by atoms with Gasteiger partial charge in [-0.3, -0.25) is 4.79 Å². The highest BCUT2D eigenvalue weighted by atomic mass is 35.5. The Morgan fingerprint density at radius 1 is 1.29 bits per heavy atom. The van der Waals surface area contributed by atoms with Crippen molar-refractivity contribution in [3.8, 4) is 0 Å². The van der Waals surface area contributed by atoms with Gasteiger partial charge >= 0.3 is 0 Å². The standard InChI is InChI=1S/C17H29N3OS.2ClH/c1-3-19(4-2)10-11-20(14-16-8-6-12-22-16)17(21)15-7-5-9-18-13-15;;/h6,8,12,15,18H,3-5,7,9-11,13-14H2,1-2H3;2*1H. The minimum absolute atomic E-state index is 0. The van der Waals surface area contributed by atoms with Crippen molar-refractivity contribution in [3.05, 3.63) is 22.4 Å². The summed E-state index contributed by atoms with van der Waals surface area (Å²) in [7, 11) is 0. The van der Waals surface area contributed by atoms with E-state index in [9.17, 15) is 4.79 Å². The van der Waals surface area contributed by atoms with Crippen molar-refractivity contribution in [2.45, 2.75) is 33.2 Å². The molecule has 0 bridgehead atoms. The van der Waals surface area contributed by atoms with Crippen molar-refractivity contribution in [1.29, 1.82) is 0 Å². The van der Waals surface area contributed by atoms with Crippen LogP contribution in [0.4, 0.5) is 0 Å². The molecule has 0 aliphatic carbocycles. The van der Waals surface area contributed by atoms with Crippen molar-refractivity contribution in [2.24, 2.45) is 5.92 Å². The van der Waals surface area contributed by atoms with Crippen LogP contribution in [0.15, 0.2) is 17.5 Å². The first-order valence-electron chi connectivity index (χ1n) is 8.48. The minimum Gasteiger partial charge on any atom is -0.336 e. The van der Waals surface area contributed by atoms with E-state index in [1.54, 1.807) is 11.3 Å². The number of carbonyl (C=O) groups excluding carboxylic acids is 1. The Bertz CT molecular complexity index is 435. The summed E-state index contributed by atoms with van der Waals surface area (Å²) >= 11 is 1.74. The Labute approximate surface area is 162 Å². The van der Waals surface area contributed by atoms with E-state index in [-0.39, 0.29) is 30.7 Å². The molecule has 0 radical (unpaired) electrons. The zero-order chi connectivity index (χ0) is 15.8. The molecule has 0 aromatic carbocycles. The summed E-state index contributed by atoms with van der Waals surface area (Å²) in [5.41, 5.74) is 0. The van der Waals surface area contributed by atoms with Crippen molar-refractivity contribution in [2.75, 3.05) is 39.3 Å². The number of likely N-dealkylation sites (N-methyl/N-ethyl adjacent to an activating group) is 1. The van der Waals surface area contributed by atoms with Crippen LogP contribution in [0.2, 0.25) is 0 Å². The highest BCUT2D eigenvalue weighted by Crippen LogP contribution is 2.18. The summed E-state index contributed by atoms with van der Waals surface area (Å²) in [6.45, 7) is 10.9. The van der Waals surface area contributed by atoms with Crippen molar-refractivity contribution >= 4 is 42.1 Å². The summed E-state index contributed by atoms with van der Waals surface area (Å²) in [5, 5.41) is 5.45. The molecule has 2 heterocycles. The predicted molar refractivity (Wildman–Crippen MR) is 108 cm³/mol. The van der Waals surface area contributed by atoms with Crippen molar-refractivity contribution < 1.29 is 4.79 Å². The second-order valence-corrected chi connectivity index (χ2v) is 6.94. The number of rotatable bonds is 8. The molecule has 4 nitrogen and oxygen atoms in total. The van der Waals surface area contributed by atoms with Crippen LogP contribution in [0.3, 0.4) is 0 Å². The van der Waals surface area contributed by atoms with Gasteiger partial charge in [0.1, 0.15) is 0 Å². The Hall–Kier alpha value is -0.330. The lowest BCUT2D eigenvalue weighted by molar-refractivity contribution is -0.136. The number of piperidine rings is 1. The molecule has 1 aromatic heterocycles. The van der Waals surface area contributed by atoms with Gasteiger partial charge in [-0.15, -0.1) is 36.2 Å². The first-order valence-corrected chi connectivity index (χ1v) is 9.36. The zero-order valence-electron chi connectivity index (χ0n) is 14.7. The summed E-state index contributed by atoms with van der Waals surface area (Å²) in [6.07, 6.45) is 2.14. The van der Waals surface area contributed by atoms with Gasteiger partial charge in [0.25, 0.3) is 0 Å². The third kappa shape index (κ3) is 7.28. The van der Waals surface area contributed by atoms with Gasteiger partial charge in [-0.1, -0.05) is 19.9 Å². The molecule has 1 atom stereocenters. The Kier molecular flexibility index (Phi) is 12.8. The predicted octanol–water partition coefficient (Wildman–Crippen LogP) is 3.26. The molecular weight excluding hydrogens is 365 g/mol. The van der Waals surface area contributed by atoms with Gasteiger partial charge in [-0.2, -0.15) is 0 Å². The third-order valence-electron chi connectivity index (χ3n) is 4.47. The first kappa shape index (κ1) is 23.7. The highest BCUT2D eigenvalue weighted by molar-refractivity contribution is 7.09. The van der Waals surface area contributed by atoms with Crippen LogP contribution in [0, 0.1) is 5.92 Å². The molecule has 1 amide bonds. The molecule has 1 saturated heterocycles. The number of amides is 1. The number of nitrogens with one attached hydrogen (secondary N) is 1. The molecule has 2 rings (SSSR count). The average molecular weight is 396 g/mol. The second-order valence-electron chi connectivity index (χ2n) is 5.91. The maximum atomic E-state index is 12.9. The molecule has 1 aliphatic rings. The maximum Gasteiger partial charge on any atom is 0.227 e. The van der Waals surface area contributed by atoms with Gasteiger partial charge in [0, 0.05) is 24.5 Å². The fourth-order valence-electron chi connectivity index (χ4n) is 2.98. The van der Waals surface area contributed by atoms with Crippen LogP contribution in [-0.4, -0.2) is 55.0 Å². The fraction of sp³-hybridized carbons (Fsp3) is 0.706. The van der Waals surface area contributed by atoms with Gasteiger partial charge in [-0.25, -0.2) is 0 Å². The van der Waals surface area contributed by atoms with E-state index in [4.69, 9.17) is 0 Å². The summed E-state index contributed by atoms with van der Waals surface area (Å²) in [5.74, 6) is 0.484. The van der Waals surface area contributed by atoms with Crippen LogP contribution in [-0.2, 0) is 11.3 Å². The summed E-state index contributed by atoms with van der Waals surface area (Å²) < 4.78 is 0. The number of hydrogen-bond donors (Lipinski definition) is 1. The molecule has 1 fully saturated rings. The molecule has 1 aliphatic heterocycles. The Balaban J connectivity index is 0.00000264.